The van der Waals surface area contributed by atoms with Crippen molar-refractivity contribution >= 4 is 34.1 Å². The van der Waals surface area contributed by atoms with Crippen molar-refractivity contribution in [2.24, 2.45) is 0 Å². The maximum Gasteiger partial charge on any atom is 0.0462 e. The largest absolute Gasteiger partial charge is 0.311 e. The molecule has 0 aliphatic heterocycles. The SMILES string of the molecule is CCCCCCCCC1(CCCCCCCC)c2cc(C)ccc2-c2ccc(-c3ccc(N(c4ccc(CCCC)cc4)c4ccc(-c5ccc(N(c6ccc(C)cc6)c6ccc(CCCC)cc6)cc5)cc4)cc3)cc21. The lowest BCUT2D eigenvalue weighted by Gasteiger charge is -2.33. The molecule has 1 aliphatic carbocycles. The molecule has 0 bridgehead atoms. The molecule has 0 N–H and O–H groups in total. The second-order valence-corrected chi connectivity index (χ2v) is 22.6. The van der Waals surface area contributed by atoms with E-state index in [1.54, 1.807) is 11.1 Å². The molecule has 398 valence electrons. The van der Waals surface area contributed by atoms with Crippen molar-refractivity contribution in [1.29, 1.82) is 0 Å². The van der Waals surface area contributed by atoms with Crippen LogP contribution in [-0.4, -0.2) is 0 Å². The van der Waals surface area contributed by atoms with Gasteiger partial charge in [0.15, 0.2) is 0 Å². The fourth-order valence-electron chi connectivity index (χ4n) is 12.2. The molecular formula is C75H88N2. The van der Waals surface area contributed by atoms with Crippen LogP contribution in [0.4, 0.5) is 34.1 Å². The predicted octanol–water partition coefficient (Wildman–Crippen LogP) is 23.0. The van der Waals surface area contributed by atoms with E-state index in [2.05, 4.69) is 233 Å². The average Bonchev–Trinajstić information content (AvgIpc) is 3.85. The van der Waals surface area contributed by atoms with Crippen LogP contribution in [0.3, 0.4) is 0 Å². The van der Waals surface area contributed by atoms with E-state index in [9.17, 15) is 0 Å². The number of aryl methyl sites for hydroxylation is 4. The lowest BCUT2D eigenvalue weighted by molar-refractivity contribution is 0.398. The van der Waals surface area contributed by atoms with E-state index in [1.165, 1.54) is 183 Å². The molecule has 2 nitrogen and oxygen atoms in total. The summed E-state index contributed by atoms with van der Waals surface area (Å²) >= 11 is 0. The van der Waals surface area contributed by atoms with Gasteiger partial charge in [0.1, 0.15) is 0 Å². The lowest BCUT2D eigenvalue weighted by Crippen LogP contribution is -2.25. The van der Waals surface area contributed by atoms with Crippen molar-refractivity contribution in [1.82, 2.24) is 0 Å². The van der Waals surface area contributed by atoms with Crippen molar-refractivity contribution in [2.75, 3.05) is 9.80 Å². The average molecular weight is 1020 g/mol. The van der Waals surface area contributed by atoms with Gasteiger partial charge in [0.2, 0.25) is 0 Å². The minimum Gasteiger partial charge on any atom is -0.311 e. The summed E-state index contributed by atoms with van der Waals surface area (Å²) in [6.07, 6.45) is 25.5. The Kier molecular flexibility index (Phi) is 19.4. The molecule has 1 aliphatic rings. The van der Waals surface area contributed by atoms with E-state index >= 15 is 0 Å². The summed E-state index contributed by atoms with van der Waals surface area (Å²) in [5, 5.41) is 0. The van der Waals surface area contributed by atoms with Gasteiger partial charge in [-0.25, -0.2) is 0 Å². The van der Waals surface area contributed by atoms with E-state index in [0.717, 1.165) is 35.6 Å². The molecule has 0 unspecified atom stereocenters. The van der Waals surface area contributed by atoms with Crippen molar-refractivity contribution in [3.63, 3.8) is 0 Å². The molecule has 0 spiro atoms. The van der Waals surface area contributed by atoms with Gasteiger partial charge in [-0.05, 0) is 187 Å². The normalized spacial score (nSPS) is 12.4. The topological polar surface area (TPSA) is 6.48 Å². The number of benzene rings is 8. The maximum atomic E-state index is 2.61. The zero-order chi connectivity index (χ0) is 53.4. The van der Waals surface area contributed by atoms with E-state index < -0.39 is 0 Å². The van der Waals surface area contributed by atoms with Crippen LogP contribution in [0.1, 0.15) is 177 Å². The highest BCUT2D eigenvalue weighted by Crippen LogP contribution is 2.55. The fourth-order valence-corrected chi connectivity index (χ4v) is 12.2. The Labute approximate surface area is 465 Å². The van der Waals surface area contributed by atoms with E-state index in [0.29, 0.717) is 0 Å². The Bertz CT molecular complexity index is 3040. The fraction of sp³-hybridized carbons (Fsp3) is 0.360. The Morgan fingerprint density at radius 3 is 1.01 bits per heavy atom. The molecule has 0 saturated heterocycles. The predicted molar refractivity (Wildman–Crippen MR) is 336 cm³/mol. The molecule has 0 fully saturated rings. The first-order chi connectivity index (χ1) is 37.8. The van der Waals surface area contributed by atoms with Crippen LogP contribution < -0.4 is 9.80 Å². The molecule has 0 atom stereocenters. The van der Waals surface area contributed by atoms with Crippen molar-refractivity contribution in [3.05, 3.63) is 215 Å². The van der Waals surface area contributed by atoms with Crippen LogP contribution in [0.25, 0.3) is 33.4 Å². The van der Waals surface area contributed by atoms with Gasteiger partial charge < -0.3 is 9.80 Å². The number of anilines is 6. The number of hydrogen-bond acceptors (Lipinski definition) is 2. The number of nitrogens with zero attached hydrogens (tertiary/aromatic N) is 2. The van der Waals surface area contributed by atoms with Gasteiger partial charge in [-0.1, -0.05) is 232 Å². The number of unbranched alkanes of at least 4 members (excludes halogenated alkanes) is 12. The summed E-state index contributed by atoms with van der Waals surface area (Å²) in [5.74, 6) is 0. The summed E-state index contributed by atoms with van der Waals surface area (Å²) in [7, 11) is 0. The van der Waals surface area contributed by atoms with E-state index in [-0.39, 0.29) is 5.41 Å². The van der Waals surface area contributed by atoms with Crippen LogP contribution >= 0.6 is 0 Å². The first-order valence-electron chi connectivity index (χ1n) is 30.2. The number of rotatable bonds is 28. The van der Waals surface area contributed by atoms with Crippen LogP contribution in [0.5, 0.6) is 0 Å². The van der Waals surface area contributed by atoms with Crippen LogP contribution in [0.2, 0.25) is 0 Å². The van der Waals surface area contributed by atoms with Gasteiger partial charge >= 0.3 is 0 Å². The highest BCUT2D eigenvalue weighted by molar-refractivity contribution is 5.86. The zero-order valence-corrected chi connectivity index (χ0v) is 47.9. The minimum absolute atomic E-state index is 0.0542. The van der Waals surface area contributed by atoms with Gasteiger partial charge in [-0.3, -0.25) is 0 Å². The summed E-state index contributed by atoms with van der Waals surface area (Å²) in [4.78, 5) is 4.81. The third kappa shape index (κ3) is 13.4. The quantitative estimate of drug-likeness (QED) is 0.0451. The highest BCUT2D eigenvalue weighted by Gasteiger charge is 2.42. The molecule has 8 aromatic rings. The molecule has 0 amide bonds. The second-order valence-electron chi connectivity index (χ2n) is 22.6. The minimum atomic E-state index is 0.0542. The Morgan fingerprint density at radius 2 is 0.597 bits per heavy atom. The van der Waals surface area contributed by atoms with Crippen molar-refractivity contribution < 1.29 is 0 Å². The third-order valence-electron chi connectivity index (χ3n) is 16.8. The number of fused-ring (bicyclic) bond motifs is 3. The molecule has 0 aromatic heterocycles. The summed E-state index contributed by atoms with van der Waals surface area (Å²) in [6.45, 7) is 13.6. The Morgan fingerprint density at radius 1 is 0.286 bits per heavy atom. The van der Waals surface area contributed by atoms with Gasteiger partial charge in [-0.15, -0.1) is 0 Å². The first kappa shape index (κ1) is 55.1. The summed E-state index contributed by atoms with van der Waals surface area (Å²) < 4.78 is 0. The van der Waals surface area contributed by atoms with Gasteiger partial charge in [-0.2, -0.15) is 0 Å². The molecule has 0 saturated carbocycles. The Balaban J connectivity index is 1.01. The molecule has 0 radical (unpaired) electrons. The number of hydrogen-bond donors (Lipinski definition) is 0. The standard InChI is InChI=1S/C75H88N2/c1-7-11-15-17-19-21-53-75(54-22-20-18-16-12-8-2)73-55-58(6)27-51-71(73)72-52-38-64(56-74(72)75)63-36-49-70(50-37-63)77(67-43-30-60(31-44-67)24-14-10-4)69-47-34-62(35-48-69)61-32-45-68(46-33-61)76(65-39-25-57(5)26-40-65)66-41-28-59(29-42-66)23-13-9-3/h25-52,55-56H,7-24,53-54H2,1-6H3. The zero-order valence-electron chi connectivity index (χ0n) is 47.9. The first-order valence-corrected chi connectivity index (χ1v) is 30.2. The van der Waals surface area contributed by atoms with Crippen molar-refractivity contribution in [2.45, 2.75) is 175 Å². The van der Waals surface area contributed by atoms with Gasteiger partial charge in [0.25, 0.3) is 0 Å². The molecule has 0 heterocycles. The monoisotopic (exact) mass is 1020 g/mol. The van der Waals surface area contributed by atoms with E-state index in [1.807, 2.05) is 0 Å². The van der Waals surface area contributed by atoms with Crippen LogP contribution in [0.15, 0.2) is 182 Å². The van der Waals surface area contributed by atoms with Gasteiger partial charge in [0, 0.05) is 39.5 Å². The van der Waals surface area contributed by atoms with Crippen LogP contribution in [-0.2, 0) is 18.3 Å². The molecule has 9 rings (SSSR count). The third-order valence-corrected chi connectivity index (χ3v) is 16.8. The maximum absolute atomic E-state index is 2.61. The molecule has 8 aromatic carbocycles. The van der Waals surface area contributed by atoms with Gasteiger partial charge in [0.05, 0.1) is 0 Å². The van der Waals surface area contributed by atoms with Crippen molar-refractivity contribution in [3.8, 4) is 33.4 Å². The smallest absolute Gasteiger partial charge is 0.0462 e. The van der Waals surface area contributed by atoms with E-state index in [4.69, 9.17) is 0 Å². The molecule has 2 heteroatoms. The van der Waals surface area contributed by atoms with Crippen LogP contribution in [0, 0.1) is 13.8 Å². The summed E-state index contributed by atoms with van der Waals surface area (Å²) in [5.41, 5.74) is 23.5. The Hall–Kier alpha value is -6.64. The molecular weight excluding hydrogens is 929 g/mol. The second kappa shape index (κ2) is 27.1. The summed E-state index contributed by atoms with van der Waals surface area (Å²) in [6, 6.07) is 69.8. The lowest BCUT2D eigenvalue weighted by atomic mass is 9.70. The highest BCUT2D eigenvalue weighted by atomic mass is 15.1. The molecule has 77 heavy (non-hydrogen) atoms.